The Morgan fingerprint density at radius 1 is 1.16 bits per heavy atom. The predicted octanol–water partition coefficient (Wildman–Crippen LogP) is 0.960. The molecule has 3 aliphatic rings. The van der Waals surface area contributed by atoms with Crippen molar-refractivity contribution >= 4 is 0 Å². The molecule has 0 amide bonds. The first-order valence-corrected chi connectivity index (χ1v) is 10.4. The molecule has 7 nitrogen and oxygen atoms in total. The lowest BCUT2D eigenvalue weighted by Crippen LogP contribution is -2.70. The molecule has 1 aromatic carbocycles. The molecule has 3 saturated heterocycles. The van der Waals surface area contributed by atoms with Gasteiger partial charge in [0.2, 0.25) is 0 Å². The van der Waals surface area contributed by atoms with Crippen molar-refractivity contribution in [1.29, 1.82) is 0 Å². The van der Waals surface area contributed by atoms with Crippen molar-refractivity contribution in [3.63, 3.8) is 0 Å². The van der Waals surface area contributed by atoms with Gasteiger partial charge in [-0.15, -0.1) is 0 Å². The molecule has 4 rings (SSSR count). The molecule has 0 spiro atoms. The fraction of sp³-hybridized carbons (Fsp3) is 0.700. The van der Waals surface area contributed by atoms with Gasteiger partial charge in [0.25, 0.3) is 0 Å². The van der Waals surface area contributed by atoms with E-state index in [1.165, 1.54) is 12.1 Å². The summed E-state index contributed by atoms with van der Waals surface area (Å²) in [5.74, 6) is 0. The molecule has 0 radical (unpaired) electrons. The number of halogens is 4. The molecule has 5 atom stereocenters. The van der Waals surface area contributed by atoms with Crippen LogP contribution < -0.4 is 16.0 Å². The second-order valence-corrected chi connectivity index (χ2v) is 8.31. The van der Waals surface area contributed by atoms with Crippen molar-refractivity contribution in [2.24, 2.45) is 0 Å². The Morgan fingerprint density at radius 3 is 2.61 bits per heavy atom. The Balaban J connectivity index is 1.45. The van der Waals surface area contributed by atoms with Crippen LogP contribution in [0.4, 0.5) is 17.6 Å². The van der Waals surface area contributed by atoms with Crippen molar-refractivity contribution in [3.05, 3.63) is 35.4 Å². The molecular weight excluding hydrogens is 420 g/mol. The third-order valence-electron chi connectivity index (χ3n) is 6.14. The van der Waals surface area contributed by atoms with Gasteiger partial charge in [-0.2, -0.15) is 13.2 Å². The van der Waals surface area contributed by atoms with Gasteiger partial charge in [0.05, 0.1) is 43.8 Å². The Hall–Kier alpha value is -1.34. The van der Waals surface area contributed by atoms with E-state index in [9.17, 15) is 18.3 Å². The molecule has 0 aliphatic carbocycles. The van der Waals surface area contributed by atoms with Gasteiger partial charge in [-0.25, -0.2) is 4.39 Å². The van der Waals surface area contributed by atoms with Crippen LogP contribution in [0.5, 0.6) is 0 Å². The quantitative estimate of drug-likeness (QED) is 0.500. The van der Waals surface area contributed by atoms with Crippen molar-refractivity contribution in [2.75, 3.05) is 46.2 Å². The van der Waals surface area contributed by atoms with Crippen molar-refractivity contribution < 1.29 is 32.1 Å². The minimum atomic E-state index is -4.41. The lowest BCUT2D eigenvalue weighted by molar-refractivity contribution is -0.137. The normalized spacial score (nSPS) is 35.4. The molecule has 3 aliphatic heterocycles. The first kappa shape index (κ1) is 22.8. The van der Waals surface area contributed by atoms with E-state index >= 15 is 4.39 Å². The third-order valence-corrected chi connectivity index (χ3v) is 6.14. The zero-order valence-electron chi connectivity index (χ0n) is 17.0. The average molecular weight is 448 g/mol. The highest BCUT2D eigenvalue weighted by atomic mass is 19.4. The topological polar surface area (TPSA) is 78.0 Å². The zero-order chi connectivity index (χ0) is 22.1. The van der Waals surface area contributed by atoms with E-state index < -0.39 is 35.8 Å². The molecule has 0 aromatic heterocycles. The van der Waals surface area contributed by atoms with Gasteiger partial charge in [0.1, 0.15) is 5.60 Å². The third kappa shape index (κ3) is 5.19. The molecular formula is C20H28F4N4O3. The van der Waals surface area contributed by atoms with E-state index in [4.69, 9.17) is 9.47 Å². The van der Waals surface area contributed by atoms with Gasteiger partial charge in [-0.1, -0.05) is 12.1 Å². The summed E-state index contributed by atoms with van der Waals surface area (Å²) in [6.07, 6.45) is -6.63. The van der Waals surface area contributed by atoms with E-state index in [0.29, 0.717) is 38.4 Å². The van der Waals surface area contributed by atoms with Gasteiger partial charge >= 0.3 is 6.18 Å². The standard InChI is InChI=1S/C20H28F4N4O3/c21-16-17(25-10-19(29)5-7-31-11-19)26-12-27-18(16)28-6-8-30-9-15(28)13-1-3-14(4-2-13)20(22,23)24/h1-4,15-18,25-27,29H,5-12H2/t15-,16?,17?,18?,19?/m1/s1. The fourth-order valence-electron chi connectivity index (χ4n) is 4.33. The summed E-state index contributed by atoms with van der Waals surface area (Å²) < 4.78 is 65.0. The summed E-state index contributed by atoms with van der Waals surface area (Å²) in [6.45, 7) is 2.34. The second kappa shape index (κ2) is 9.26. The van der Waals surface area contributed by atoms with E-state index in [0.717, 1.165) is 12.1 Å². The van der Waals surface area contributed by atoms with Crippen LogP contribution >= 0.6 is 0 Å². The molecule has 31 heavy (non-hydrogen) atoms. The summed E-state index contributed by atoms with van der Waals surface area (Å²) >= 11 is 0. The smallest absolute Gasteiger partial charge is 0.386 e. The van der Waals surface area contributed by atoms with Crippen LogP contribution in [0.2, 0.25) is 0 Å². The number of nitrogens with one attached hydrogen (secondary N) is 3. The van der Waals surface area contributed by atoms with E-state index in [1.54, 1.807) is 0 Å². The minimum Gasteiger partial charge on any atom is -0.386 e. The maximum Gasteiger partial charge on any atom is 0.416 e. The minimum absolute atomic E-state index is 0.198. The van der Waals surface area contributed by atoms with Crippen molar-refractivity contribution in [1.82, 2.24) is 20.9 Å². The number of benzene rings is 1. The molecule has 4 unspecified atom stereocenters. The SMILES string of the molecule is OC1(CNC2NCNC(N3CCOC[C@@H]3c3ccc(C(F)(F)F)cc3)C2F)CCOC1. The molecule has 11 heteroatoms. The molecule has 174 valence electrons. The summed E-state index contributed by atoms with van der Waals surface area (Å²) in [7, 11) is 0. The number of ether oxygens (including phenoxy) is 2. The number of hydrogen-bond acceptors (Lipinski definition) is 7. The summed E-state index contributed by atoms with van der Waals surface area (Å²) in [5.41, 5.74) is -1.09. The first-order valence-electron chi connectivity index (χ1n) is 10.4. The molecule has 3 heterocycles. The zero-order valence-corrected chi connectivity index (χ0v) is 17.0. The predicted molar refractivity (Wildman–Crippen MR) is 104 cm³/mol. The van der Waals surface area contributed by atoms with Crippen LogP contribution in [0.15, 0.2) is 24.3 Å². The number of morpholine rings is 1. The highest BCUT2D eigenvalue weighted by Gasteiger charge is 2.42. The summed E-state index contributed by atoms with van der Waals surface area (Å²) in [5, 5.41) is 19.6. The second-order valence-electron chi connectivity index (χ2n) is 8.31. The number of nitrogens with zero attached hydrogens (tertiary/aromatic N) is 1. The highest BCUT2D eigenvalue weighted by Crippen LogP contribution is 2.33. The molecule has 4 N–H and O–H groups in total. The Bertz CT molecular complexity index is 730. The van der Waals surface area contributed by atoms with Crippen molar-refractivity contribution in [2.45, 2.75) is 42.7 Å². The van der Waals surface area contributed by atoms with Crippen LogP contribution in [0.1, 0.15) is 23.6 Å². The largest absolute Gasteiger partial charge is 0.416 e. The number of hydrogen-bond donors (Lipinski definition) is 4. The summed E-state index contributed by atoms with van der Waals surface area (Å²) in [4.78, 5) is 1.90. The Labute approximate surface area is 178 Å². The first-order chi connectivity index (χ1) is 14.8. The number of aliphatic hydroxyl groups is 1. The molecule has 1 aromatic rings. The fourth-order valence-corrected chi connectivity index (χ4v) is 4.33. The van der Waals surface area contributed by atoms with Crippen LogP contribution in [0.3, 0.4) is 0 Å². The van der Waals surface area contributed by atoms with Crippen molar-refractivity contribution in [3.8, 4) is 0 Å². The lowest BCUT2D eigenvalue weighted by atomic mass is 10.00. The van der Waals surface area contributed by atoms with Crippen LogP contribution in [0.25, 0.3) is 0 Å². The van der Waals surface area contributed by atoms with Gasteiger partial charge < -0.3 is 14.6 Å². The highest BCUT2D eigenvalue weighted by molar-refractivity contribution is 5.27. The van der Waals surface area contributed by atoms with E-state index in [-0.39, 0.29) is 25.8 Å². The lowest BCUT2D eigenvalue weighted by Gasteiger charge is -2.46. The van der Waals surface area contributed by atoms with Crippen LogP contribution in [-0.4, -0.2) is 80.3 Å². The van der Waals surface area contributed by atoms with E-state index in [1.807, 2.05) is 4.90 Å². The monoisotopic (exact) mass is 448 g/mol. The number of rotatable bonds is 5. The molecule has 0 bridgehead atoms. The van der Waals surface area contributed by atoms with Gasteiger partial charge in [0.15, 0.2) is 6.17 Å². The van der Waals surface area contributed by atoms with Crippen LogP contribution in [-0.2, 0) is 15.7 Å². The Kier molecular flexibility index (Phi) is 6.82. The number of alkyl halides is 4. The maximum atomic E-state index is 15.5. The maximum absolute atomic E-state index is 15.5. The van der Waals surface area contributed by atoms with Gasteiger partial charge in [-0.05, 0) is 17.7 Å². The Morgan fingerprint density at radius 2 is 1.94 bits per heavy atom. The van der Waals surface area contributed by atoms with E-state index in [2.05, 4.69) is 16.0 Å². The molecule has 0 saturated carbocycles. The van der Waals surface area contributed by atoms with Gasteiger partial charge in [0, 0.05) is 32.8 Å². The average Bonchev–Trinajstić information content (AvgIpc) is 3.19. The molecule has 3 fully saturated rings. The van der Waals surface area contributed by atoms with Crippen LogP contribution in [0, 0.1) is 0 Å². The van der Waals surface area contributed by atoms with Gasteiger partial charge in [-0.3, -0.25) is 20.9 Å². The summed E-state index contributed by atoms with van der Waals surface area (Å²) in [6, 6.07) is 4.56.